The first kappa shape index (κ1) is 17.6. The molecule has 0 fully saturated rings. The summed E-state index contributed by atoms with van der Waals surface area (Å²) in [7, 11) is 1.52. The van der Waals surface area contributed by atoms with Gasteiger partial charge in [-0.3, -0.25) is 9.59 Å². The fourth-order valence-corrected chi connectivity index (χ4v) is 3.06. The Morgan fingerprint density at radius 2 is 1.57 bits per heavy atom. The molecular weight excluding hydrogens is 368 g/mol. The molecule has 2 heterocycles. The summed E-state index contributed by atoms with van der Waals surface area (Å²) >= 11 is 0. The second-order valence-electron chi connectivity index (χ2n) is 6.04. The summed E-state index contributed by atoms with van der Waals surface area (Å²) in [5.41, 5.74) is 0.0193. The summed E-state index contributed by atoms with van der Waals surface area (Å²) in [5.74, 6) is -0.513. The van der Waals surface area contributed by atoms with Gasteiger partial charge in [0.15, 0.2) is 5.58 Å². The SMILES string of the molecule is COc1ccc2c(c1)oc1c3c(OC(C)=O)cc(OC(C)=O)cc3oc(=O)c21. The van der Waals surface area contributed by atoms with E-state index in [1.165, 1.54) is 33.1 Å². The molecule has 0 saturated carbocycles. The predicted octanol–water partition coefficient (Wildman–Crippen LogP) is 3.55. The van der Waals surface area contributed by atoms with Gasteiger partial charge in [-0.2, -0.15) is 0 Å². The lowest BCUT2D eigenvalue weighted by molar-refractivity contribution is -0.132. The van der Waals surface area contributed by atoms with Crippen LogP contribution < -0.4 is 19.8 Å². The zero-order chi connectivity index (χ0) is 20.0. The molecule has 2 aromatic carbocycles. The zero-order valence-electron chi connectivity index (χ0n) is 15.2. The van der Waals surface area contributed by atoms with E-state index >= 15 is 0 Å². The monoisotopic (exact) mass is 382 g/mol. The standard InChI is InChI=1S/C20H14O8/c1-9(21)25-12-7-15(26-10(2)22)18-16(8-12)28-20(23)17-13-5-4-11(24-3)6-14(13)27-19(17)18/h4-8H,1-3H3. The topological polar surface area (TPSA) is 105 Å². The van der Waals surface area contributed by atoms with Crippen molar-refractivity contribution in [3.8, 4) is 17.2 Å². The van der Waals surface area contributed by atoms with Gasteiger partial charge in [-0.05, 0) is 12.1 Å². The Morgan fingerprint density at radius 1 is 0.857 bits per heavy atom. The van der Waals surface area contributed by atoms with Gasteiger partial charge < -0.3 is 23.0 Å². The highest BCUT2D eigenvalue weighted by atomic mass is 16.5. The lowest BCUT2D eigenvalue weighted by Crippen LogP contribution is -2.06. The molecule has 0 radical (unpaired) electrons. The number of fused-ring (bicyclic) bond motifs is 5. The van der Waals surface area contributed by atoms with Gasteiger partial charge in [0, 0.05) is 37.4 Å². The van der Waals surface area contributed by atoms with Crippen molar-refractivity contribution in [2.45, 2.75) is 13.8 Å². The van der Waals surface area contributed by atoms with E-state index in [4.69, 9.17) is 23.0 Å². The number of esters is 2. The molecular formula is C20H14O8. The minimum atomic E-state index is -0.639. The van der Waals surface area contributed by atoms with Crippen molar-refractivity contribution in [2.75, 3.05) is 7.11 Å². The van der Waals surface area contributed by atoms with Crippen LogP contribution in [0.1, 0.15) is 13.8 Å². The normalized spacial score (nSPS) is 11.1. The second-order valence-corrected chi connectivity index (χ2v) is 6.04. The number of methoxy groups -OCH3 is 1. The molecule has 2 aromatic heterocycles. The Kier molecular flexibility index (Phi) is 4.03. The van der Waals surface area contributed by atoms with Crippen LogP contribution in [0, 0.1) is 0 Å². The van der Waals surface area contributed by atoms with Crippen molar-refractivity contribution < 1.29 is 32.6 Å². The minimum absolute atomic E-state index is 0.0426. The number of furan rings is 1. The number of hydrogen-bond acceptors (Lipinski definition) is 8. The molecule has 0 bridgehead atoms. The smallest absolute Gasteiger partial charge is 0.348 e. The number of rotatable bonds is 3. The summed E-state index contributed by atoms with van der Waals surface area (Å²) in [6, 6.07) is 7.73. The summed E-state index contributed by atoms with van der Waals surface area (Å²) < 4.78 is 26.8. The van der Waals surface area contributed by atoms with Crippen LogP contribution in [0.2, 0.25) is 0 Å². The first-order valence-corrected chi connectivity index (χ1v) is 8.25. The molecule has 0 aliphatic rings. The Balaban J connectivity index is 2.13. The van der Waals surface area contributed by atoms with E-state index in [-0.39, 0.29) is 33.4 Å². The molecule has 0 saturated heterocycles. The average molecular weight is 382 g/mol. The van der Waals surface area contributed by atoms with Crippen molar-refractivity contribution in [1.82, 2.24) is 0 Å². The van der Waals surface area contributed by atoms with Crippen molar-refractivity contribution in [3.63, 3.8) is 0 Å². The van der Waals surface area contributed by atoms with Crippen LogP contribution in [0.3, 0.4) is 0 Å². The van der Waals surface area contributed by atoms with Gasteiger partial charge in [-0.15, -0.1) is 0 Å². The Morgan fingerprint density at radius 3 is 2.25 bits per heavy atom. The predicted molar refractivity (Wildman–Crippen MR) is 98.9 cm³/mol. The molecule has 0 spiro atoms. The third-order valence-electron chi connectivity index (χ3n) is 4.09. The summed E-state index contributed by atoms with van der Waals surface area (Å²) in [6.45, 7) is 2.45. The van der Waals surface area contributed by atoms with E-state index in [9.17, 15) is 14.4 Å². The van der Waals surface area contributed by atoms with Crippen LogP contribution in [-0.4, -0.2) is 19.0 Å². The van der Waals surface area contributed by atoms with Crippen LogP contribution >= 0.6 is 0 Å². The van der Waals surface area contributed by atoms with Gasteiger partial charge in [0.2, 0.25) is 0 Å². The van der Waals surface area contributed by atoms with E-state index in [0.717, 1.165) is 0 Å². The molecule has 0 aliphatic heterocycles. The minimum Gasteiger partial charge on any atom is -0.497 e. The van der Waals surface area contributed by atoms with Crippen LogP contribution in [0.5, 0.6) is 17.2 Å². The molecule has 0 aliphatic carbocycles. The largest absolute Gasteiger partial charge is 0.497 e. The van der Waals surface area contributed by atoms with Crippen molar-refractivity contribution >= 4 is 44.8 Å². The highest BCUT2D eigenvalue weighted by Crippen LogP contribution is 2.39. The Hall–Kier alpha value is -3.81. The van der Waals surface area contributed by atoms with Gasteiger partial charge in [-0.25, -0.2) is 4.79 Å². The zero-order valence-corrected chi connectivity index (χ0v) is 15.2. The van der Waals surface area contributed by atoms with Gasteiger partial charge in [0.25, 0.3) is 0 Å². The highest BCUT2D eigenvalue weighted by molar-refractivity contribution is 6.15. The molecule has 0 N–H and O–H groups in total. The van der Waals surface area contributed by atoms with E-state index in [1.54, 1.807) is 18.2 Å². The van der Waals surface area contributed by atoms with Gasteiger partial charge >= 0.3 is 17.6 Å². The van der Waals surface area contributed by atoms with E-state index in [1.807, 2.05) is 0 Å². The molecule has 4 aromatic rings. The van der Waals surface area contributed by atoms with Crippen LogP contribution in [0.4, 0.5) is 0 Å². The van der Waals surface area contributed by atoms with Crippen molar-refractivity contribution in [2.24, 2.45) is 0 Å². The highest BCUT2D eigenvalue weighted by Gasteiger charge is 2.21. The molecule has 8 heteroatoms. The lowest BCUT2D eigenvalue weighted by atomic mass is 10.1. The third-order valence-corrected chi connectivity index (χ3v) is 4.09. The van der Waals surface area contributed by atoms with E-state index < -0.39 is 17.6 Å². The lowest BCUT2D eigenvalue weighted by Gasteiger charge is -2.08. The number of carbonyl (C=O) groups is 2. The van der Waals surface area contributed by atoms with Crippen molar-refractivity contribution in [1.29, 1.82) is 0 Å². The fraction of sp³-hybridized carbons (Fsp3) is 0.150. The number of benzene rings is 2. The molecule has 4 rings (SSSR count). The molecule has 0 amide bonds. The number of ether oxygens (including phenoxy) is 3. The van der Waals surface area contributed by atoms with Crippen molar-refractivity contribution in [3.05, 3.63) is 40.8 Å². The van der Waals surface area contributed by atoms with Crippen LogP contribution in [0.15, 0.2) is 44.0 Å². The fourth-order valence-electron chi connectivity index (χ4n) is 3.06. The maximum Gasteiger partial charge on any atom is 0.348 e. The average Bonchev–Trinajstić information content (AvgIpc) is 2.99. The number of carbonyl (C=O) groups excluding carboxylic acids is 2. The maximum absolute atomic E-state index is 12.6. The van der Waals surface area contributed by atoms with Crippen LogP contribution in [0.25, 0.3) is 32.9 Å². The molecule has 0 atom stereocenters. The third kappa shape index (κ3) is 2.84. The van der Waals surface area contributed by atoms with E-state index in [0.29, 0.717) is 16.7 Å². The van der Waals surface area contributed by atoms with Crippen LogP contribution in [-0.2, 0) is 9.59 Å². The Labute approximate surface area is 157 Å². The first-order valence-electron chi connectivity index (χ1n) is 8.25. The summed E-state index contributed by atoms with van der Waals surface area (Å²) in [5, 5.41) is 1.01. The van der Waals surface area contributed by atoms with Gasteiger partial charge in [0.1, 0.15) is 39.2 Å². The summed E-state index contributed by atoms with van der Waals surface area (Å²) in [6.07, 6.45) is 0. The summed E-state index contributed by atoms with van der Waals surface area (Å²) in [4.78, 5) is 35.5. The molecule has 28 heavy (non-hydrogen) atoms. The molecule has 142 valence electrons. The molecule has 8 nitrogen and oxygen atoms in total. The molecule has 0 unspecified atom stereocenters. The Bertz CT molecular complexity index is 1330. The van der Waals surface area contributed by atoms with E-state index in [2.05, 4.69) is 0 Å². The second kappa shape index (κ2) is 6.41. The van der Waals surface area contributed by atoms with Gasteiger partial charge in [0.05, 0.1) is 7.11 Å². The maximum atomic E-state index is 12.6. The first-order chi connectivity index (χ1) is 13.4. The van der Waals surface area contributed by atoms with Gasteiger partial charge in [-0.1, -0.05) is 0 Å². The number of hydrogen-bond donors (Lipinski definition) is 0. The quantitative estimate of drug-likeness (QED) is 0.301.